The van der Waals surface area contributed by atoms with Gasteiger partial charge in [-0.1, -0.05) is 25.5 Å². The second kappa shape index (κ2) is 5.16. The fraction of sp³-hybridized carbons (Fsp3) is 0.467. The standard InChI is InChI=1S/C15H18N/c1-2-12-3-7-14(8-4-12)15-9-5-13(11-16)6-10-15/h5-6,9-10,12H,2-4,7-8H2,1H3. The van der Waals surface area contributed by atoms with Crippen LogP contribution in [-0.2, 0) is 0 Å². The smallest absolute Gasteiger partial charge is 0.0991 e. The molecular weight excluding hydrogens is 194 g/mol. The number of rotatable bonds is 2. The highest BCUT2D eigenvalue weighted by molar-refractivity contribution is 5.38. The van der Waals surface area contributed by atoms with Crippen LogP contribution in [0.1, 0.15) is 50.2 Å². The highest BCUT2D eigenvalue weighted by atomic mass is 14.3. The molecule has 1 heteroatoms. The fourth-order valence-corrected chi connectivity index (χ4v) is 2.50. The lowest BCUT2D eigenvalue weighted by Crippen LogP contribution is -2.13. The molecule has 0 aromatic heterocycles. The van der Waals surface area contributed by atoms with E-state index in [-0.39, 0.29) is 0 Å². The molecule has 83 valence electrons. The number of hydrogen-bond donors (Lipinski definition) is 0. The van der Waals surface area contributed by atoms with Crippen LogP contribution >= 0.6 is 0 Å². The molecule has 1 aromatic carbocycles. The minimum atomic E-state index is 0.756. The third-order valence-corrected chi connectivity index (χ3v) is 3.71. The summed E-state index contributed by atoms with van der Waals surface area (Å²) in [6, 6.07) is 10.2. The monoisotopic (exact) mass is 212 g/mol. The molecule has 0 heterocycles. The van der Waals surface area contributed by atoms with Crippen molar-refractivity contribution in [2.24, 2.45) is 5.92 Å². The fourth-order valence-electron chi connectivity index (χ4n) is 2.50. The molecule has 0 spiro atoms. The molecule has 0 amide bonds. The van der Waals surface area contributed by atoms with Crippen molar-refractivity contribution in [1.82, 2.24) is 0 Å². The van der Waals surface area contributed by atoms with Crippen molar-refractivity contribution in [2.45, 2.75) is 39.0 Å². The first-order valence-electron chi connectivity index (χ1n) is 6.18. The summed E-state index contributed by atoms with van der Waals surface area (Å²) in [5.41, 5.74) is 2.10. The van der Waals surface area contributed by atoms with Gasteiger partial charge >= 0.3 is 0 Å². The van der Waals surface area contributed by atoms with E-state index in [1.165, 1.54) is 37.7 Å². The van der Waals surface area contributed by atoms with Gasteiger partial charge in [0.1, 0.15) is 0 Å². The molecule has 0 bridgehead atoms. The Bertz CT molecular complexity index is 363. The minimum absolute atomic E-state index is 0.756. The number of hydrogen-bond acceptors (Lipinski definition) is 1. The van der Waals surface area contributed by atoms with Crippen molar-refractivity contribution in [2.75, 3.05) is 0 Å². The first-order valence-corrected chi connectivity index (χ1v) is 6.18. The summed E-state index contributed by atoms with van der Waals surface area (Å²) in [6.45, 7) is 2.29. The van der Waals surface area contributed by atoms with Gasteiger partial charge in [-0.05, 0) is 49.3 Å². The van der Waals surface area contributed by atoms with Crippen molar-refractivity contribution in [3.8, 4) is 6.07 Å². The normalized spacial score (nSPS) is 18.2. The van der Waals surface area contributed by atoms with Gasteiger partial charge in [-0.15, -0.1) is 0 Å². The zero-order valence-corrected chi connectivity index (χ0v) is 9.87. The summed E-state index contributed by atoms with van der Waals surface area (Å²) in [5.74, 6) is 2.51. The average molecular weight is 212 g/mol. The van der Waals surface area contributed by atoms with Gasteiger partial charge in [0.15, 0.2) is 0 Å². The van der Waals surface area contributed by atoms with Gasteiger partial charge in [-0.3, -0.25) is 0 Å². The van der Waals surface area contributed by atoms with Crippen molar-refractivity contribution < 1.29 is 0 Å². The Labute approximate surface area is 98.1 Å². The highest BCUT2D eigenvalue weighted by Gasteiger charge is 2.21. The maximum absolute atomic E-state index is 8.75. The summed E-state index contributed by atoms with van der Waals surface area (Å²) in [7, 11) is 0. The van der Waals surface area contributed by atoms with Crippen LogP contribution in [0.15, 0.2) is 24.3 Å². The van der Waals surface area contributed by atoms with E-state index in [1.54, 1.807) is 5.92 Å². The Morgan fingerprint density at radius 2 is 1.81 bits per heavy atom. The largest absolute Gasteiger partial charge is 0.192 e. The Morgan fingerprint density at radius 3 is 2.31 bits per heavy atom. The van der Waals surface area contributed by atoms with Crippen LogP contribution in [0, 0.1) is 23.2 Å². The van der Waals surface area contributed by atoms with Crippen LogP contribution in [0.4, 0.5) is 0 Å². The molecule has 2 rings (SSSR count). The number of nitrogens with zero attached hydrogens (tertiary/aromatic N) is 1. The van der Waals surface area contributed by atoms with Crippen LogP contribution in [0.5, 0.6) is 0 Å². The predicted octanol–water partition coefficient (Wildman–Crippen LogP) is 4.08. The zero-order chi connectivity index (χ0) is 11.4. The van der Waals surface area contributed by atoms with Crippen molar-refractivity contribution in [1.29, 1.82) is 5.26 Å². The number of nitriles is 1. The molecule has 0 saturated heterocycles. The van der Waals surface area contributed by atoms with Crippen LogP contribution in [0.25, 0.3) is 0 Å². The van der Waals surface area contributed by atoms with E-state index in [1.807, 2.05) is 12.1 Å². The number of benzene rings is 1. The van der Waals surface area contributed by atoms with E-state index >= 15 is 0 Å². The van der Waals surface area contributed by atoms with Gasteiger partial charge in [0.05, 0.1) is 11.6 Å². The van der Waals surface area contributed by atoms with Crippen molar-refractivity contribution in [3.05, 3.63) is 41.3 Å². The lowest BCUT2D eigenvalue weighted by molar-refractivity contribution is 0.376. The zero-order valence-electron chi connectivity index (χ0n) is 9.87. The van der Waals surface area contributed by atoms with E-state index in [4.69, 9.17) is 5.26 Å². The Balaban J connectivity index is 2.00. The lowest BCUT2D eigenvalue weighted by atomic mass is 9.78. The van der Waals surface area contributed by atoms with Gasteiger partial charge in [0.2, 0.25) is 0 Å². The molecule has 1 saturated carbocycles. The molecule has 16 heavy (non-hydrogen) atoms. The minimum Gasteiger partial charge on any atom is -0.192 e. The molecule has 1 radical (unpaired) electrons. The maximum Gasteiger partial charge on any atom is 0.0991 e. The molecule has 1 nitrogen and oxygen atoms in total. The van der Waals surface area contributed by atoms with E-state index < -0.39 is 0 Å². The topological polar surface area (TPSA) is 23.8 Å². The molecule has 0 aliphatic heterocycles. The van der Waals surface area contributed by atoms with Crippen molar-refractivity contribution >= 4 is 0 Å². The molecule has 1 aromatic rings. The summed E-state index contributed by atoms with van der Waals surface area (Å²) in [6.07, 6.45) is 6.48. The average Bonchev–Trinajstić information content (AvgIpc) is 2.39. The molecule has 1 fully saturated rings. The Hall–Kier alpha value is -1.29. The third kappa shape index (κ3) is 2.44. The van der Waals surface area contributed by atoms with Crippen LogP contribution in [-0.4, -0.2) is 0 Å². The SMILES string of the molecule is CCC1CC[C](c2ccc(C#N)cc2)CC1. The predicted molar refractivity (Wildman–Crippen MR) is 65.8 cm³/mol. The highest BCUT2D eigenvalue weighted by Crippen LogP contribution is 2.36. The first kappa shape index (κ1) is 11.2. The molecule has 0 unspecified atom stereocenters. The molecular formula is C15H18N. The van der Waals surface area contributed by atoms with Gasteiger partial charge in [0.25, 0.3) is 0 Å². The lowest BCUT2D eigenvalue weighted by Gasteiger charge is -2.27. The summed E-state index contributed by atoms with van der Waals surface area (Å²) in [4.78, 5) is 0. The van der Waals surface area contributed by atoms with Gasteiger partial charge in [0, 0.05) is 5.92 Å². The molecule has 0 N–H and O–H groups in total. The summed E-state index contributed by atoms with van der Waals surface area (Å²) < 4.78 is 0. The quantitative estimate of drug-likeness (QED) is 0.724. The van der Waals surface area contributed by atoms with E-state index in [2.05, 4.69) is 25.1 Å². The van der Waals surface area contributed by atoms with Crippen LogP contribution in [0.2, 0.25) is 0 Å². The molecule has 1 aliphatic carbocycles. The van der Waals surface area contributed by atoms with E-state index in [9.17, 15) is 0 Å². The Morgan fingerprint density at radius 1 is 1.19 bits per heavy atom. The van der Waals surface area contributed by atoms with Gasteiger partial charge < -0.3 is 0 Å². The van der Waals surface area contributed by atoms with Crippen LogP contribution < -0.4 is 0 Å². The second-order valence-corrected chi connectivity index (χ2v) is 4.64. The molecule has 1 aliphatic rings. The Kier molecular flexibility index (Phi) is 3.62. The summed E-state index contributed by atoms with van der Waals surface area (Å²) in [5, 5.41) is 8.75. The summed E-state index contributed by atoms with van der Waals surface area (Å²) >= 11 is 0. The van der Waals surface area contributed by atoms with Crippen LogP contribution in [0.3, 0.4) is 0 Å². The van der Waals surface area contributed by atoms with E-state index in [0.29, 0.717) is 0 Å². The van der Waals surface area contributed by atoms with Crippen molar-refractivity contribution in [3.63, 3.8) is 0 Å². The maximum atomic E-state index is 8.75. The second-order valence-electron chi connectivity index (χ2n) is 4.64. The van der Waals surface area contributed by atoms with E-state index in [0.717, 1.165) is 11.5 Å². The third-order valence-electron chi connectivity index (χ3n) is 3.71. The molecule has 0 atom stereocenters. The van der Waals surface area contributed by atoms with Gasteiger partial charge in [-0.2, -0.15) is 5.26 Å². The first-order chi connectivity index (χ1) is 7.83. The van der Waals surface area contributed by atoms with Gasteiger partial charge in [-0.25, -0.2) is 0 Å².